The summed E-state index contributed by atoms with van der Waals surface area (Å²) in [4.78, 5) is 54.4. The SMILES string of the molecule is CC(C)C(NC(=O)C(Cc1ccccc1)NC(=O)OC(C)(C)C)C(=O)NC(Cc1c[nH]c2ccccc12)C(=O)O. The maximum Gasteiger partial charge on any atom is 0.408 e. The molecule has 0 aliphatic rings. The lowest BCUT2D eigenvalue weighted by Crippen LogP contribution is -2.58. The molecule has 3 unspecified atom stereocenters. The highest BCUT2D eigenvalue weighted by Gasteiger charge is 2.32. The molecule has 0 saturated heterocycles. The van der Waals surface area contributed by atoms with Crippen LogP contribution in [0, 0.1) is 5.92 Å². The third-order valence-electron chi connectivity index (χ3n) is 6.25. The number of carboxylic acid groups (broad SMARTS) is 1. The zero-order chi connectivity index (χ0) is 29.4. The Labute approximate surface area is 233 Å². The van der Waals surface area contributed by atoms with Gasteiger partial charge in [-0.15, -0.1) is 0 Å². The summed E-state index contributed by atoms with van der Waals surface area (Å²) >= 11 is 0. The van der Waals surface area contributed by atoms with Crippen LogP contribution in [-0.2, 0) is 32.0 Å². The van der Waals surface area contributed by atoms with Gasteiger partial charge in [-0.3, -0.25) is 9.59 Å². The van der Waals surface area contributed by atoms with E-state index in [2.05, 4.69) is 20.9 Å². The molecule has 3 atom stereocenters. The first-order valence-corrected chi connectivity index (χ1v) is 13.3. The summed E-state index contributed by atoms with van der Waals surface area (Å²) in [5.74, 6) is -2.79. The van der Waals surface area contributed by atoms with E-state index in [1.54, 1.807) is 40.8 Å². The number of carbonyl (C=O) groups excluding carboxylic acids is 3. The number of benzene rings is 2. The van der Waals surface area contributed by atoms with Crippen molar-refractivity contribution >= 4 is 34.8 Å². The van der Waals surface area contributed by atoms with Crippen molar-refractivity contribution in [1.82, 2.24) is 20.9 Å². The van der Waals surface area contributed by atoms with E-state index in [-0.39, 0.29) is 18.8 Å². The van der Waals surface area contributed by atoms with Crippen LogP contribution in [0.15, 0.2) is 60.8 Å². The number of aromatic amines is 1. The van der Waals surface area contributed by atoms with Crippen LogP contribution >= 0.6 is 0 Å². The van der Waals surface area contributed by atoms with Crippen molar-refractivity contribution in [3.63, 3.8) is 0 Å². The lowest BCUT2D eigenvalue weighted by Gasteiger charge is -2.27. The number of alkyl carbamates (subject to hydrolysis) is 1. The molecule has 3 amide bonds. The van der Waals surface area contributed by atoms with E-state index in [9.17, 15) is 24.3 Å². The molecule has 0 saturated carbocycles. The number of amides is 3. The van der Waals surface area contributed by atoms with Crippen molar-refractivity contribution in [1.29, 1.82) is 0 Å². The maximum atomic E-state index is 13.4. The molecular formula is C30H38N4O6. The molecule has 40 heavy (non-hydrogen) atoms. The highest BCUT2D eigenvalue weighted by atomic mass is 16.6. The van der Waals surface area contributed by atoms with Gasteiger partial charge in [0.1, 0.15) is 23.7 Å². The predicted molar refractivity (Wildman–Crippen MR) is 152 cm³/mol. The highest BCUT2D eigenvalue weighted by Crippen LogP contribution is 2.19. The number of aromatic nitrogens is 1. The molecule has 1 heterocycles. The average Bonchev–Trinajstić information content (AvgIpc) is 3.28. The van der Waals surface area contributed by atoms with E-state index < -0.39 is 47.6 Å². The molecule has 0 fully saturated rings. The summed E-state index contributed by atoms with van der Waals surface area (Å²) in [7, 11) is 0. The Morgan fingerprint density at radius 1 is 0.850 bits per heavy atom. The number of hydrogen-bond donors (Lipinski definition) is 5. The average molecular weight is 551 g/mol. The number of para-hydroxylation sites is 1. The molecule has 214 valence electrons. The smallest absolute Gasteiger partial charge is 0.408 e. The van der Waals surface area contributed by atoms with Crippen LogP contribution in [0.1, 0.15) is 45.7 Å². The van der Waals surface area contributed by atoms with Gasteiger partial charge in [0.15, 0.2) is 0 Å². The molecule has 3 aromatic rings. The molecule has 1 aromatic heterocycles. The van der Waals surface area contributed by atoms with Gasteiger partial charge in [0.25, 0.3) is 0 Å². The van der Waals surface area contributed by atoms with Crippen LogP contribution in [-0.4, -0.2) is 57.7 Å². The standard InChI is InChI=1S/C30H38N4O6/c1-18(2)25(27(36)32-24(28(37)38)16-20-17-31-22-14-10-9-13-21(20)22)34-26(35)23(15-19-11-7-6-8-12-19)33-29(39)40-30(3,4)5/h6-14,17-18,23-25,31H,15-16H2,1-5H3,(H,32,36)(H,33,39)(H,34,35)(H,37,38). The van der Waals surface area contributed by atoms with Gasteiger partial charge in [-0.05, 0) is 43.9 Å². The lowest BCUT2D eigenvalue weighted by atomic mass is 9.99. The Bertz CT molecular complexity index is 1330. The van der Waals surface area contributed by atoms with Gasteiger partial charge in [-0.25, -0.2) is 9.59 Å². The Morgan fingerprint density at radius 3 is 2.12 bits per heavy atom. The minimum absolute atomic E-state index is 0.0562. The first-order chi connectivity index (χ1) is 18.8. The Balaban J connectivity index is 1.75. The van der Waals surface area contributed by atoms with Crippen LogP contribution < -0.4 is 16.0 Å². The third kappa shape index (κ3) is 8.59. The number of nitrogens with one attached hydrogen (secondary N) is 4. The number of carbonyl (C=O) groups is 4. The van der Waals surface area contributed by atoms with Crippen molar-refractivity contribution in [2.75, 3.05) is 0 Å². The second-order valence-corrected chi connectivity index (χ2v) is 11.1. The molecule has 3 rings (SSSR count). The summed E-state index contributed by atoms with van der Waals surface area (Å²) in [6.07, 6.45) is 1.18. The van der Waals surface area contributed by atoms with Crippen molar-refractivity contribution in [2.24, 2.45) is 5.92 Å². The van der Waals surface area contributed by atoms with Crippen molar-refractivity contribution in [3.8, 4) is 0 Å². The zero-order valence-electron chi connectivity index (χ0n) is 23.5. The van der Waals surface area contributed by atoms with E-state index in [0.717, 1.165) is 22.0 Å². The number of fused-ring (bicyclic) bond motifs is 1. The van der Waals surface area contributed by atoms with Gasteiger partial charge < -0.3 is 30.8 Å². The number of aliphatic carboxylic acids is 1. The minimum atomic E-state index is -1.22. The summed E-state index contributed by atoms with van der Waals surface area (Å²) in [6, 6.07) is 13.3. The highest BCUT2D eigenvalue weighted by molar-refractivity contribution is 5.93. The number of hydrogen-bond acceptors (Lipinski definition) is 5. The molecule has 5 N–H and O–H groups in total. The second-order valence-electron chi connectivity index (χ2n) is 11.1. The van der Waals surface area contributed by atoms with Gasteiger partial charge >= 0.3 is 12.1 Å². The van der Waals surface area contributed by atoms with E-state index in [4.69, 9.17) is 4.74 Å². The Morgan fingerprint density at radius 2 is 1.50 bits per heavy atom. The Hall–Kier alpha value is -4.34. The van der Waals surface area contributed by atoms with Gasteiger partial charge in [-0.2, -0.15) is 0 Å². The maximum absolute atomic E-state index is 13.4. The van der Waals surface area contributed by atoms with E-state index in [0.29, 0.717) is 0 Å². The van der Waals surface area contributed by atoms with Gasteiger partial charge in [0.2, 0.25) is 11.8 Å². The molecule has 0 radical (unpaired) electrons. The van der Waals surface area contributed by atoms with Crippen LogP contribution in [0.4, 0.5) is 4.79 Å². The van der Waals surface area contributed by atoms with Crippen LogP contribution in [0.3, 0.4) is 0 Å². The molecule has 2 aromatic carbocycles. The second kappa shape index (κ2) is 13.1. The summed E-state index contributed by atoms with van der Waals surface area (Å²) in [5, 5.41) is 18.6. The van der Waals surface area contributed by atoms with E-state index >= 15 is 0 Å². The zero-order valence-corrected chi connectivity index (χ0v) is 23.5. The van der Waals surface area contributed by atoms with Gasteiger partial charge in [-0.1, -0.05) is 62.4 Å². The molecule has 0 aliphatic heterocycles. The topological polar surface area (TPSA) is 150 Å². The molecule has 0 bridgehead atoms. The quantitative estimate of drug-likeness (QED) is 0.246. The van der Waals surface area contributed by atoms with Crippen LogP contribution in [0.5, 0.6) is 0 Å². The lowest BCUT2D eigenvalue weighted by molar-refractivity contribution is -0.142. The molecule has 10 heteroatoms. The van der Waals surface area contributed by atoms with Crippen molar-refractivity contribution in [3.05, 3.63) is 71.9 Å². The fraction of sp³-hybridized carbons (Fsp3) is 0.400. The summed E-state index contributed by atoms with van der Waals surface area (Å²) < 4.78 is 5.34. The number of ether oxygens (including phenoxy) is 1. The third-order valence-corrected chi connectivity index (χ3v) is 6.25. The van der Waals surface area contributed by atoms with Crippen LogP contribution in [0.25, 0.3) is 10.9 Å². The van der Waals surface area contributed by atoms with Gasteiger partial charge in [0.05, 0.1) is 0 Å². The largest absolute Gasteiger partial charge is 0.480 e. The predicted octanol–water partition coefficient (Wildman–Crippen LogP) is 3.56. The fourth-order valence-corrected chi connectivity index (χ4v) is 4.28. The molecular weight excluding hydrogens is 512 g/mol. The minimum Gasteiger partial charge on any atom is -0.480 e. The number of carboxylic acids is 1. The summed E-state index contributed by atoms with van der Waals surface area (Å²) in [5.41, 5.74) is 1.64. The van der Waals surface area contributed by atoms with Crippen molar-refractivity contribution < 1.29 is 29.0 Å². The van der Waals surface area contributed by atoms with E-state index in [1.807, 2.05) is 54.6 Å². The molecule has 0 aliphatic carbocycles. The fourth-order valence-electron chi connectivity index (χ4n) is 4.28. The van der Waals surface area contributed by atoms with Crippen LogP contribution in [0.2, 0.25) is 0 Å². The normalized spacial score (nSPS) is 13.8. The number of H-pyrrole nitrogens is 1. The first kappa shape index (κ1) is 30.2. The number of rotatable bonds is 11. The summed E-state index contributed by atoms with van der Waals surface area (Å²) in [6.45, 7) is 8.63. The monoisotopic (exact) mass is 550 g/mol. The van der Waals surface area contributed by atoms with Gasteiger partial charge in [0, 0.05) is 29.9 Å². The van der Waals surface area contributed by atoms with E-state index in [1.165, 1.54) is 0 Å². The molecule has 10 nitrogen and oxygen atoms in total. The first-order valence-electron chi connectivity index (χ1n) is 13.3. The van der Waals surface area contributed by atoms with Crippen molar-refractivity contribution in [2.45, 2.75) is 71.2 Å². The Kier molecular flexibility index (Phi) is 9.93. The molecule has 0 spiro atoms.